The zero-order chi connectivity index (χ0) is 44.8. The van der Waals surface area contributed by atoms with Gasteiger partial charge in [-0.2, -0.15) is 0 Å². The van der Waals surface area contributed by atoms with E-state index in [1.165, 1.54) is 14.0 Å². The minimum absolute atomic E-state index is 0.0471. The third-order valence-electron chi connectivity index (χ3n) is 13.4. The lowest BCUT2D eigenvalue weighted by Gasteiger charge is -2.48. The van der Waals surface area contributed by atoms with Crippen molar-refractivity contribution < 1.29 is 68.6 Å². The average molecular weight is 849 g/mol. The Morgan fingerprint density at radius 2 is 1.58 bits per heavy atom. The molecule has 3 aliphatic heterocycles. The summed E-state index contributed by atoms with van der Waals surface area (Å²) >= 11 is 0. The molecule has 6 N–H and O–H groups in total. The second-order valence-corrected chi connectivity index (χ2v) is 18.9. The minimum atomic E-state index is -1.89. The van der Waals surface area contributed by atoms with E-state index in [9.17, 15) is 35.1 Å². The highest BCUT2D eigenvalue weighted by molar-refractivity contribution is 5.73. The maximum absolute atomic E-state index is 14.4. The zero-order valence-electron chi connectivity index (χ0n) is 38.1. The van der Waals surface area contributed by atoms with Gasteiger partial charge in [0, 0.05) is 44.5 Å². The predicted molar refractivity (Wildman–Crippen MR) is 219 cm³/mol. The summed E-state index contributed by atoms with van der Waals surface area (Å²) in [6.45, 7) is 18.3. The maximum atomic E-state index is 14.4. The molecule has 3 heterocycles. The Morgan fingerprint density at radius 3 is 2.15 bits per heavy atom. The van der Waals surface area contributed by atoms with Gasteiger partial charge in [-0.05, 0) is 107 Å². The van der Waals surface area contributed by atoms with Crippen LogP contribution >= 0.6 is 0 Å². The number of esters is 1. The van der Waals surface area contributed by atoms with Gasteiger partial charge in [-0.25, -0.2) is 0 Å². The number of carbonyl (C=O) groups is 2. The smallest absolute Gasteiger partial charge is 0.311 e. The van der Waals surface area contributed by atoms with E-state index >= 15 is 0 Å². The van der Waals surface area contributed by atoms with E-state index in [1.54, 1.807) is 48.5 Å². The molecule has 0 aromatic rings. The van der Waals surface area contributed by atoms with Crippen LogP contribution in [0.4, 0.5) is 0 Å². The van der Waals surface area contributed by atoms with E-state index in [4.69, 9.17) is 33.5 Å². The standard InChI is InChI=1S/C43H80N2O14/c1-14-31-43(10,53)36(49)28(6)45(19-17-15-16-18-32(46)47)23-24(2)21-41(8,52)38(59-40-34(48)30(44(11)12)20-25(3)55-40)26(4)35(27(5)39(51)57-31)58-33-22-42(9,54-13)37(50)29(7)56-33/h24-31,33-38,40,48-50,52-53H,14-23H2,1-13H3,(H,46,47)/t24-,25-,26+,27-,28-,29+,30+,31-,33+,34-,35+,36-,37+,38-,40+,41-,42-,43-/m1/s1. The molecule has 3 rings (SSSR count). The van der Waals surface area contributed by atoms with E-state index in [0.29, 0.717) is 38.8 Å². The van der Waals surface area contributed by atoms with Gasteiger partial charge in [0.25, 0.3) is 0 Å². The van der Waals surface area contributed by atoms with Crippen LogP contribution in [0.25, 0.3) is 0 Å². The SMILES string of the molecule is CC[C@H]1OC(=O)[C@H](C)[C@@H](O[C@H]2C[C@@](C)(OC)[C@@H](O)[C@H](C)O2)[C@H](C)[C@@H](O[C@@H]2O[C@H](C)C[C@H](N(C)C)[C@H]2O)[C@](C)(O)C[C@@H](C)CN(CCCCCC(=O)O)[C@H](C)[C@@H](O)[C@]1(C)O. The van der Waals surface area contributed by atoms with Crippen molar-refractivity contribution in [3.05, 3.63) is 0 Å². The van der Waals surface area contributed by atoms with Crippen LogP contribution in [0.5, 0.6) is 0 Å². The summed E-state index contributed by atoms with van der Waals surface area (Å²) in [5, 5.41) is 68.4. The van der Waals surface area contributed by atoms with E-state index < -0.39 is 102 Å². The van der Waals surface area contributed by atoms with Gasteiger partial charge in [-0.1, -0.05) is 27.2 Å². The molecule has 0 unspecified atom stereocenters. The molecule has 346 valence electrons. The van der Waals surface area contributed by atoms with E-state index in [2.05, 4.69) is 0 Å². The molecule has 3 aliphatic rings. The van der Waals surface area contributed by atoms with Gasteiger partial charge in [-0.3, -0.25) is 14.5 Å². The molecule has 0 aromatic carbocycles. The lowest BCUT2D eigenvalue weighted by atomic mass is 9.77. The van der Waals surface area contributed by atoms with Crippen LogP contribution in [0.2, 0.25) is 0 Å². The fraction of sp³-hybridized carbons (Fsp3) is 0.953. The fourth-order valence-electron chi connectivity index (χ4n) is 9.67. The monoisotopic (exact) mass is 849 g/mol. The van der Waals surface area contributed by atoms with Crippen LogP contribution in [0, 0.1) is 17.8 Å². The molecule has 0 bridgehead atoms. The molecule has 3 saturated heterocycles. The van der Waals surface area contributed by atoms with Crippen molar-refractivity contribution in [2.45, 2.75) is 211 Å². The highest BCUT2D eigenvalue weighted by Gasteiger charge is 2.53. The van der Waals surface area contributed by atoms with Gasteiger partial charge < -0.3 is 64.0 Å². The number of cyclic esters (lactones) is 1. The van der Waals surface area contributed by atoms with E-state index in [-0.39, 0.29) is 43.7 Å². The maximum Gasteiger partial charge on any atom is 0.311 e. The lowest BCUT2D eigenvalue weighted by Crippen LogP contribution is -2.60. The first-order valence-electron chi connectivity index (χ1n) is 21.8. The van der Waals surface area contributed by atoms with Crippen molar-refractivity contribution in [3.63, 3.8) is 0 Å². The van der Waals surface area contributed by atoms with Crippen LogP contribution in [0.1, 0.15) is 121 Å². The number of aliphatic carboxylic acids is 1. The summed E-state index contributed by atoms with van der Waals surface area (Å²) in [4.78, 5) is 29.5. The van der Waals surface area contributed by atoms with Crippen LogP contribution in [0.3, 0.4) is 0 Å². The number of nitrogens with zero attached hydrogens (tertiary/aromatic N) is 2. The Kier molecular flexibility index (Phi) is 19.1. The minimum Gasteiger partial charge on any atom is -0.481 e. The molecule has 18 atom stereocenters. The fourth-order valence-corrected chi connectivity index (χ4v) is 9.67. The van der Waals surface area contributed by atoms with Crippen LogP contribution in [0.15, 0.2) is 0 Å². The summed E-state index contributed by atoms with van der Waals surface area (Å²) in [6, 6.07) is -0.947. The predicted octanol–water partition coefficient (Wildman–Crippen LogP) is 2.92. The van der Waals surface area contributed by atoms with Crippen molar-refractivity contribution in [2.75, 3.05) is 34.3 Å². The normalized spacial score (nSPS) is 45.1. The summed E-state index contributed by atoms with van der Waals surface area (Å²) in [5.41, 5.74) is -4.57. The Labute approximate surface area is 352 Å². The Morgan fingerprint density at radius 1 is 0.932 bits per heavy atom. The summed E-state index contributed by atoms with van der Waals surface area (Å²) in [5.74, 6) is -3.68. The molecular formula is C43H80N2O14. The highest BCUT2D eigenvalue weighted by Crippen LogP contribution is 2.40. The van der Waals surface area contributed by atoms with Crippen molar-refractivity contribution in [2.24, 2.45) is 17.8 Å². The highest BCUT2D eigenvalue weighted by atomic mass is 16.7. The lowest BCUT2D eigenvalue weighted by molar-refractivity contribution is -0.318. The molecule has 0 aliphatic carbocycles. The number of methoxy groups -OCH3 is 1. The van der Waals surface area contributed by atoms with Gasteiger partial charge in [0.05, 0.1) is 41.5 Å². The summed E-state index contributed by atoms with van der Waals surface area (Å²) in [7, 11) is 5.24. The Bertz CT molecular complexity index is 1320. The van der Waals surface area contributed by atoms with Gasteiger partial charge in [0.2, 0.25) is 0 Å². The topological polar surface area (TPSA) is 217 Å². The molecule has 0 amide bonds. The number of carbonyl (C=O) groups excluding carboxylic acids is 1. The first kappa shape index (κ1) is 51.8. The number of ether oxygens (including phenoxy) is 6. The van der Waals surface area contributed by atoms with Crippen LogP contribution in [-0.2, 0) is 38.0 Å². The second kappa shape index (κ2) is 21.7. The first-order chi connectivity index (χ1) is 27.3. The molecule has 3 fully saturated rings. The van der Waals surface area contributed by atoms with Crippen molar-refractivity contribution in [3.8, 4) is 0 Å². The van der Waals surface area contributed by atoms with Crippen molar-refractivity contribution in [1.29, 1.82) is 0 Å². The van der Waals surface area contributed by atoms with Gasteiger partial charge in [0.15, 0.2) is 12.6 Å². The molecule has 0 saturated carbocycles. The molecule has 16 nitrogen and oxygen atoms in total. The molecule has 0 radical (unpaired) electrons. The van der Waals surface area contributed by atoms with Gasteiger partial charge in [0.1, 0.15) is 30.0 Å². The molecule has 0 aromatic heterocycles. The first-order valence-corrected chi connectivity index (χ1v) is 21.8. The number of hydrogen-bond donors (Lipinski definition) is 6. The Balaban J connectivity index is 2.17. The van der Waals surface area contributed by atoms with Gasteiger partial charge in [-0.15, -0.1) is 0 Å². The molecule has 16 heteroatoms. The average Bonchev–Trinajstić information content (AvgIpc) is 3.15. The second-order valence-electron chi connectivity index (χ2n) is 18.9. The van der Waals surface area contributed by atoms with E-state index in [1.807, 2.05) is 37.7 Å². The van der Waals surface area contributed by atoms with Crippen LogP contribution < -0.4 is 0 Å². The largest absolute Gasteiger partial charge is 0.481 e. The number of hydrogen-bond acceptors (Lipinski definition) is 15. The quantitative estimate of drug-likeness (QED) is 0.116. The van der Waals surface area contributed by atoms with E-state index in [0.717, 1.165) is 0 Å². The molecular weight excluding hydrogens is 768 g/mol. The molecule has 0 spiro atoms. The number of aliphatic hydroxyl groups is 5. The number of likely N-dealkylation sites (N-methyl/N-ethyl adjacent to an activating group) is 1. The summed E-state index contributed by atoms with van der Waals surface area (Å²) in [6.07, 6.45) is -7.04. The third kappa shape index (κ3) is 13.0. The number of aliphatic hydroxyl groups excluding tert-OH is 3. The number of carboxylic acids is 1. The summed E-state index contributed by atoms with van der Waals surface area (Å²) < 4.78 is 37.8. The number of unbranched alkanes of at least 4 members (excludes halogenated alkanes) is 2. The van der Waals surface area contributed by atoms with Crippen molar-refractivity contribution in [1.82, 2.24) is 9.80 Å². The van der Waals surface area contributed by atoms with Crippen LogP contribution in [-0.4, -0.2) is 177 Å². The number of carboxylic acid groups (broad SMARTS) is 1. The Hall–Kier alpha value is -1.54. The zero-order valence-corrected chi connectivity index (χ0v) is 38.1. The van der Waals surface area contributed by atoms with Gasteiger partial charge >= 0.3 is 11.9 Å². The van der Waals surface area contributed by atoms with Crippen molar-refractivity contribution >= 4 is 11.9 Å². The number of rotatable bonds is 13. The third-order valence-corrected chi connectivity index (χ3v) is 13.4. The molecule has 59 heavy (non-hydrogen) atoms.